The van der Waals surface area contributed by atoms with Crippen LogP contribution in [0.5, 0.6) is 23.0 Å². The van der Waals surface area contributed by atoms with Crippen LogP contribution in [0.25, 0.3) is 21.9 Å². The van der Waals surface area contributed by atoms with Crippen molar-refractivity contribution in [3.63, 3.8) is 0 Å². The van der Waals surface area contributed by atoms with Crippen molar-refractivity contribution in [2.45, 2.75) is 24.2 Å². The minimum atomic E-state index is -3.28. The summed E-state index contributed by atoms with van der Waals surface area (Å²) < 4.78 is 41.8. The number of rotatable bonds is 9. The van der Waals surface area contributed by atoms with Crippen LogP contribution in [0.4, 0.5) is 0 Å². The van der Waals surface area contributed by atoms with E-state index in [-0.39, 0.29) is 17.3 Å². The predicted octanol–water partition coefficient (Wildman–Crippen LogP) is 7.00. The zero-order valence-corrected chi connectivity index (χ0v) is 23.9. The smallest absolute Gasteiger partial charge is 0.175 e. The summed E-state index contributed by atoms with van der Waals surface area (Å²) in [5, 5.41) is 1.91. The number of hydrogen-bond acceptors (Lipinski definition) is 6. The van der Waals surface area contributed by atoms with Crippen LogP contribution in [0.3, 0.4) is 0 Å². The van der Waals surface area contributed by atoms with E-state index in [1.807, 2.05) is 66.7 Å². The molecule has 4 aromatic rings. The maximum Gasteiger partial charge on any atom is 0.175 e. The maximum atomic E-state index is 11.9. The van der Waals surface area contributed by atoms with E-state index in [9.17, 15) is 8.42 Å². The number of methoxy groups -OCH3 is 1. The lowest BCUT2D eigenvalue weighted by molar-refractivity contribution is 0.183. The second kappa shape index (κ2) is 12.7. The predicted molar refractivity (Wildman–Crippen MR) is 159 cm³/mol. The molecule has 6 nitrogen and oxygen atoms in total. The maximum absolute atomic E-state index is 11.9. The molecule has 0 N–H and O–H groups in total. The number of hydrogen-bond donors (Lipinski definition) is 0. The summed E-state index contributed by atoms with van der Waals surface area (Å²) in [7, 11) is -1.63. The lowest BCUT2D eigenvalue weighted by Gasteiger charge is -2.26. The molecular weight excluding hydrogens is 536 g/mol. The van der Waals surface area contributed by atoms with Crippen LogP contribution in [-0.2, 0) is 9.84 Å². The van der Waals surface area contributed by atoms with Gasteiger partial charge in [-0.05, 0) is 97.5 Å². The second-order valence-electron chi connectivity index (χ2n) is 9.65. The molecule has 206 valence electrons. The molecule has 1 heterocycles. The van der Waals surface area contributed by atoms with Gasteiger partial charge in [0.05, 0.1) is 12.0 Å². The Morgan fingerprint density at radius 3 is 2.15 bits per heavy atom. The van der Waals surface area contributed by atoms with E-state index < -0.39 is 9.84 Å². The Hall–Kier alpha value is -3.26. The molecule has 0 aliphatic carbocycles. The quantitative estimate of drug-likeness (QED) is 0.216. The molecule has 8 heteroatoms. The summed E-state index contributed by atoms with van der Waals surface area (Å²) in [6.45, 7) is 3.93. The van der Waals surface area contributed by atoms with Gasteiger partial charge in [0.2, 0.25) is 0 Å². The Bertz CT molecular complexity index is 1500. The van der Waals surface area contributed by atoms with E-state index in [2.05, 4.69) is 4.90 Å². The van der Waals surface area contributed by atoms with E-state index in [4.69, 9.17) is 14.2 Å². The van der Waals surface area contributed by atoms with Crippen LogP contribution < -0.4 is 14.2 Å². The third-order valence-corrected chi connectivity index (χ3v) is 8.07. The Morgan fingerprint density at radius 2 is 1.49 bits per heavy atom. The van der Waals surface area contributed by atoms with Crippen LogP contribution in [-0.4, -0.2) is 52.9 Å². The minimum absolute atomic E-state index is 0. The lowest BCUT2D eigenvalue weighted by Crippen LogP contribution is -2.33. The van der Waals surface area contributed by atoms with Gasteiger partial charge in [-0.3, -0.25) is 4.90 Å². The number of ether oxygens (including phenoxy) is 3. The fourth-order valence-electron chi connectivity index (χ4n) is 4.82. The van der Waals surface area contributed by atoms with Gasteiger partial charge in [0, 0.05) is 23.8 Å². The van der Waals surface area contributed by atoms with Gasteiger partial charge in [-0.15, -0.1) is 12.4 Å². The normalized spacial score (nSPS) is 14.0. The molecule has 0 atom stereocenters. The van der Waals surface area contributed by atoms with Gasteiger partial charge in [0.25, 0.3) is 0 Å². The number of benzene rings is 4. The van der Waals surface area contributed by atoms with Crippen molar-refractivity contribution in [1.29, 1.82) is 0 Å². The van der Waals surface area contributed by atoms with Crippen LogP contribution in [0.15, 0.2) is 83.8 Å². The van der Waals surface area contributed by atoms with Crippen molar-refractivity contribution in [3.8, 4) is 34.1 Å². The molecule has 1 aliphatic heterocycles. The summed E-state index contributed by atoms with van der Waals surface area (Å²) in [6.07, 6.45) is 5.09. The van der Waals surface area contributed by atoms with Gasteiger partial charge >= 0.3 is 0 Å². The number of halogens is 1. The number of sulfone groups is 1. The van der Waals surface area contributed by atoms with Crippen LogP contribution in [0, 0.1) is 0 Å². The fourth-order valence-corrected chi connectivity index (χ4v) is 5.45. The summed E-state index contributed by atoms with van der Waals surface area (Å²) >= 11 is 0. The Labute approximate surface area is 236 Å². The highest BCUT2D eigenvalue weighted by Gasteiger charge is 2.15. The molecule has 0 bridgehead atoms. The first-order valence-electron chi connectivity index (χ1n) is 12.9. The van der Waals surface area contributed by atoms with Crippen LogP contribution in [0.2, 0.25) is 0 Å². The third-order valence-electron chi connectivity index (χ3n) is 6.94. The fraction of sp³-hybridized carbons (Fsp3) is 0.290. The third kappa shape index (κ3) is 7.04. The summed E-state index contributed by atoms with van der Waals surface area (Å²) in [5.74, 6) is 2.95. The SMILES string of the molecule is COc1ccc2c(ccc(-c3ccc(S(C)(=O)=O)cc3)[14c]2Oc2ccc(OCCN3CCCCC3)cc2)c1.Cl. The minimum Gasteiger partial charge on any atom is -0.497 e. The average molecular weight is 570 g/mol. The van der Waals surface area contributed by atoms with Gasteiger partial charge in [0.15, 0.2) is 9.84 Å². The highest BCUT2D eigenvalue weighted by atomic mass is 35.5. The molecule has 1 aliphatic rings. The molecule has 1 saturated heterocycles. The Morgan fingerprint density at radius 1 is 0.821 bits per heavy atom. The van der Waals surface area contributed by atoms with Gasteiger partial charge in [-0.25, -0.2) is 8.42 Å². The molecular formula is C31H34ClNO5S. The van der Waals surface area contributed by atoms with E-state index >= 15 is 0 Å². The monoisotopic (exact) mass is 569 g/mol. The molecule has 0 amide bonds. The molecule has 1 fully saturated rings. The lowest BCUT2D eigenvalue weighted by atomic mass is 10.1. The number of piperidine rings is 1. The van der Waals surface area contributed by atoms with Gasteiger partial charge in [0.1, 0.15) is 29.6 Å². The Balaban J connectivity index is 0.00000353. The van der Waals surface area contributed by atoms with Crippen LogP contribution >= 0.6 is 12.4 Å². The average Bonchev–Trinajstić information content (AvgIpc) is 2.94. The zero-order valence-electron chi connectivity index (χ0n) is 22.3. The largest absolute Gasteiger partial charge is 0.497 e. The topological polar surface area (TPSA) is 65.1 Å². The van der Waals surface area contributed by atoms with Crippen molar-refractivity contribution in [3.05, 3.63) is 78.9 Å². The molecule has 0 saturated carbocycles. The molecule has 5 rings (SSSR count). The number of fused-ring (bicyclic) bond motifs is 1. The standard InChI is InChI=1S/C31H33NO5S.ClH/c1-35-27-13-17-30-24(22-27)8-16-29(23-6-14-28(15-7-23)38(2,33)34)31(30)37-26-11-9-25(10-12-26)36-21-20-32-18-4-3-5-19-32;/h6-17,22H,3-5,18-21H2,1-2H3;1H/i31+2;. The first kappa shape index (κ1) is 28.7. The molecule has 39 heavy (non-hydrogen) atoms. The highest BCUT2D eigenvalue weighted by Crippen LogP contribution is 2.41. The van der Waals surface area contributed by atoms with Crippen LogP contribution in [0.1, 0.15) is 19.3 Å². The van der Waals surface area contributed by atoms with E-state index in [1.54, 1.807) is 19.2 Å². The summed E-state index contributed by atoms with van der Waals surface area (Å²) in [6, 6.07) is 24.4. The zero-order chi connectivity index (χ0) is 26.5. The highest BCUT2D eigenvalue weighted by molar-refractivity contribution is 7.90. The molecule has 0 unspecified atom stereocenters. The second-order valence-corrected chi connectivity index (χ2v) is 11.7. The molecule has 0 aromatic heterocycles. The first-order valence-corrected chi connectivity index (χ1v) is 14.8. The van der Waals surface area contributed by atoms with Crippen molar-refractivity contribution >= 4 is 33.0 Å². The summed E-state index contributed by atoms with van der Waals surface area (Å²) in [4.78, 5) is 2.74. The van der Waals surface area contributed by atoms with E-state index in [0.717, 1.165) is 53.0 Å². The number of nitrogens with zero attached hydrogens (tertiary/aromatic N) is 1. The van der Waals surface area contributed by atoms with Crippen molar-refractivity contribution in [2.75, 3.05) is 39.6 Å². The van der Waals surface area contributed by atoms with Gasteiger partial charge < -0.3 is 14.2 Å². The molecule has 0 radical (unpaired) electrons. The molecule has 0 spiro atoms. The van der Waals surface area contributed by atoms with Crippen molar-refractivity contribution < 1.29 is 22.6 Å². The van der Waals surface area contributed by atoms with Gasteiger partial charge in [-0.2, -0.15) is 0 Å². The van der Waals surface area contributed by atoms with E-state index in [1.165, 1.54) is 25.5 Å². The number of likely N-dealkylation sites (tertiary alicyclic amines) is 1. The van der Waals surface area contributed by atoms with E-state index in [0.29, 0.717) is 18.1 Å². The molecule has 4 aromatic carbocycles. The van der Waals surface area contributed by atoms with Gasteiger partial charge in [-0.1, -0.05) is 24.6 Å². The first-order chi connectivity index (χ1) is 18.4. The Kier molecular flexibility index (Phi) is 9.38. The van der Waals surface area contributed by atoms with Crippen molar-refractivity contribution in [1.82, 2.24) is 4.90 Å². The van der Waals surface area contributed by atoms with Crippen molar-refractivity contribution in [2.24, 2.45) is 0 Å². The summed E-state index contributed by atoms with van der Waals surface area (Å²) in [5.41, 5.74) is 1.73.